The highest BCUT2D eigenvalue weighted by molar-refractivity contribution is 5.99. The summed E-state index contributed by atoms with van der Waals surface area (Å²) in [6.45, 7) is 0. The molecule has 0 unspecified atom stereocenters. The van der Waals surface area contributed by atoms with E-state index in [1.54, 1.807) is 0 Å². The van der Waals surface area contributed by atoms with Crippen LogP contribution in [0.2, 0.25) is 0 Å². The summed E-state index contributed by atoms with van der Waals surface area (Å²) >= 11 is 0. The maximum Gasteiger partial charge on any atom is 0.397 e. The molecule has 9 heteroatoms. The number of methoxy groups -OCH3 is 2. The number of esters is 2. The second-order valence-electron chi connectivity index (χ2n) is 3.06. The van der Waals surface area contributed by atoms with E-state index in [4.69, 9.17) is 0 Å². The third kappa shape index (κ3) is 3.22. The summed E-state index contributed by atoms with van der Waals surface area (Å²) in [6.07, 6.45) is -6.08. The van der Waals surface area contributed by atoms with Crippen molar-refractivity contribution in [1.82, 2.24) is 4.98 Å². The fourth-order valence-corrected chi connectivity index (χ4v) is 1.08. The van der Waals surface area contributed by atoms with E-state index in [2.05, 4.69) is 18.9 Å². The highest BCUT2D eigenvalue weighted by Gasteiger charge is 2.34. The molecule has 0 bridgehead atoms. The number of alkyl halides is 3. The van der Waals surface area contributed by atoms with E-state index in [9.17, 15) is 22.8 Å². The van der Waals surface area contributed by atoms with Crippen LogP contribution in [0.1, 0.15) is 26.9 Å². The van der Waals surface area contributed by atoms with E-state index in [1.807, 2.05) is 0 Å². The summed E-state index contributed by atoms with van der Waals surface area (Å²) in [4.78, 5) is 25.7. The van der Waals surface area contributed by atoms with E-state index in [-0.39, 0.29) is 0 Å². The number of hydrogen-bond donors (Lipinski definition) is 0. The standard InChI is InChI=1S/C9H8F3NO5/c1-16-7(14)5-6(8(15)17-2)18-4(13-5)3-9(10,11)12/h3H2,1-2H3. The first-order chi connectivity index (χ1) is 8.28. The molecule has 18 heavy (non-hydrogen) atoms. The van der Waals surface area contributed by atoms with Crippen molar-refractivity contribution in [3.63, 3.8) is 0 Å². The lowest BCUT2D eigenvalue weighted by molar-refractivity contribution is -0.130. The van der Waals surface area contributed by atoms with Gasteiger partial charge in [-0.05, 0) is 0 Å². The summed E-state index contributed by atoms with van der Waals surface area (Å²) in [5.41, 5.74) is -0.649. The Kier molecular flexibility index (Phi) is 3.94. The second-order valence-corrected chi connectivity index (χ2v) is 3.06. The molecular weight excluding hydrogens is 259 g/mol. The summed E-state index contributed by atoms with van der Waals surface area (Å²) in [5, 5.41) is 0. The van der Waals surface area contributed by atoms with Crippen LogP contribution in [0.15, 0.2) is 4.42 Å². The molecule has 0 amide bonds. The Morgan fingerprint density at radius 1 is 1.22 bits per heavy atom. The van der Waals surface area contributed by atoms with Gasteiger partial charge >= 0.3 is 18.1 Å². The van der Waals surface area contributed by atoms with Crippen LogP contribution >= 0.6 is 0 Å². The molecule has 0 aliphatic heterocycles. The van der Waals surface area contributed by atoms with Crippen LogP contribution in [0.3, 0.4) is 0 Å². The number of aromatic nitrogens is 1. The highest BCUT2D eigenvalue weighted by atomic mass is 19.4. The van der Waals surface area contributed by atoms with Crippen molar-refractivity contribution in [3.05, 3.63) is 17.3 Å². The minimum atomic E-state index is -4.58. The summed E-state index contributed by atoms with van der Waals surface area (Å²) in [6, 6.07) is 0. The van der Waals surface area contributed by atoms with Crippen molar-refractivity contribution in [2.75, 3.05) is 14.2 Å². The van der Waals surface area contributed by atoms with Crippen molar-refractivity contribution < 1.29 is 36.7 Å². The fraction of sp³-hybridized carbons (Fsp3) is 0.444. The predicted octanol–water partition coefficient (Wildman–Crippen LogP) is 1.35. The van der Waals surface area contributed by atoms with Gasteiger partial charge in [-0.2, -0.15) is 13.2 Å². The molecule has 0 N–H and O–H groups in total. The van der Waals surface area contributed by atoms with Crippen LogP contribution in [0.5, 0.6) is 0 Å². The van der Waals surface area contributed by atoms with Gasteiger partial charge in [0.05, 0.1) is 14.2 Å². The van der Waals surface area contributed by atoms with Gasteiger partial charge in [-0.25, -0.2) is 14.6 Å². The van der Waals surface area contributed by atoms with Crippen LogP contribution < -0.4 is 0 Å². The Morgan fingerprint density at radius 3 is 2.22 bits per heavy atom. The van der Waals surface area contributed by atoms with Crippen LogP contribution in [0.25, 0.3) is 0 Å². The van der Waals surface area contributed by atoms with Gasteiger partial charge in [-0.1, -0.05) is 0 Å². The minimum absolute atomic E-state index is 0.649. The fourth-order valence-electron chi connectivity index (χ4n) is 1.08. The van der Waals surface area contributed by atoms with Gasteiger partial charge in [-0.3, -0.25) is 0 Å². The summed E-state index contributed by atoms with van der Waals surface area (Å²) in [5.74, 6) is -3.74. The molecule has 0 aliphatic carbocycles. The quantitative estimate of drug-likeness (QED) is 0.769. The van der Waals surface area contributed by atoms with Crippen LogP contribution in [0, 0.1) is 0 Å². The molecule has 0 aliphatic rings. The average molecular weight is 267 g/mol. The van der Waals surface area contributed by atoms with Gasteiger partial charge in [0.15, 0.2) is 0 Å². The SMILES string of the molecule is COC(=O)c1nc(CC(F)(F)F)oc1C(=O)OC. The molecular formula is C9H8F3NO5. The number of halogens is 3. The zero-order valence-electron chi connectivity index (χ0n) is 9.33. The lowest BCUT2D eigenvalue weighted by Crippen LogP contribution is -2.12. The number of oxazole rings is 1. The first kappa shape index (κ1) is 14.0. The molecule has 0 saturated heterocycles. The van der Waals surface area contributed by atoms with Crippen LogP contribution in [-0.4, -0.2) is 37.3 Å². The maximum absolute atomic E-state index is 12.1. The Balaban J connectivity index is 3.15. The Bertz CT molecular complexity index is 432. The van der Waals surface area contributed by atoms with Crippen molar-refractivity contribution in [3.8, 4) is 0 Å². The van der Waals surface area contributed by atoms with Crippen molar-refractivity contribution in [2.45, 2.75) is 12.6 Å². The summed E-state index contributed by atoms with van der Waals surface area (Å²) in [7, 11) is 1.97. The zero-order valence-corrected chi connectivity index (χ0v) is 9.33. The van der Waals surface area contributed by atoms with E-state index in [0.717, 1.165) is 14.2 Å². The van der Waals surface area contributed by atoms with Gasteiger partial charge in [0, 0.05) is 0 Å². The molecule has 0 radical (unpaired) electrons. The molecule has 1 heterocycles. The van der Waals surface area contributed by atoms with E-state index < -0.39 is 41.9 Å². The number of ether oxygens (including phenoxy) is 2. The predicted molar refractivity (Wildman–Crippen MR) is 48.9 cm³/mol. The molecule has 0 atom stereocenters. The van der Waals surface area contributed by atoms with Gasteiger partial charge in [0.2, 0.25) is 17.3 Å². The first-order valence-corrected chi connectivity index (χ1v) is 4.51. The largest absolute Gasteiger partial charge is 0.464 e. The van der Waals surface area contributed by atoms with Crippen molar-refractivity contribution in [1.29, 1.82) is 0 Å². The van der Waals surface area contributed by atoms with Gasteiger partial charge in [-0.15, -0.1) is 0 Å². The first-order valence-electron chi connectivity index (χ1n) is 4.51. The lowest BCUT2D eigenvalue weighted by Gasteiger charge is -2.00. The number of carbonyl (C=O) groups excluding carboxylic acids is 2. The minimum Gasteiger partial charge on any atom is -0.464 e. The molecule has 0 saturated carbocycles. The maximum atomic E-state index is 12.1. The average Bonchev–Trinajstić information content (AvgIpc) is 2.68. The van der Waals surface area contributed by atoms with Crippen molar-refractivity contribution >= 4 is 11.9 Å². The molecule has 100 valence electrons. The molecule has 0 spiro atoms. The Labute approximate surface area is 98.7 Å². The second kappa shape index (κ2) is 5.07. The van der Waals surface area contributed by atoms with Crippen LogP contribution in [0.4, 0.5) is 13.2 Å². The molecule has 1 aromatic rings. The third-order valence-electron chi connectivity index (χ3n) is 1.77. The molecule has 1 aromatic heterocycles. The zero-order chi connectivity index (χ0) is 13.9. The molecule has 1 rings (SSSR count). The number of carbonyl (C=O) groups is 2. The van der Waals surface area contributed by atoms with Gasteiger partial charge in [0.25, 0.3) is 0 Å². The monoisotopic (exact) mass is 267 g/mol. The van der Waals surface area contributed by atoms with E-state index in [1.165, 1.54) is 0 Å². The Morgan fingerprint density at radius 2 is 1.78 bits per heavy atom. The third-order valence-corrected chi connectivity index (χ3v) is 1.77. The highest BCUT2D eigenvalue weighted by Crippen LogP contribution is 2.23. The van der Waals surface area contributed by atoms with Crippen molar-refractivity contribution in [2.24, 2.45) is 0 Å². The topological polar surface area (TPSA) is 78.6 Å². The van der Waals surface area contributed by atoms with Gasteiger partial charge < -0.3 is 13.9 Å². The number of nitrogens with zero attached hydrogens (tertiary/aromatic N) is 1. The number of hydrogen-bond acceptors (Lipinski definition) is 6. The van der Waals surface area contributed by atoms with E-state index >= 15 is 0 Å². The number of rotatable bonds is 3. The van der Waals surface area contributed by atoms with Gasteiger partial charge in [0.1, 0.15) is 6.42 Å². The lowest BCUT2D eigenvalue weighted by atomic mass is 10.3. The smallest absolute Gasteiger partial charge is 0.397 e. The molecule has 6 nitrogen and oxygen atoms in total. The summed E-state index contributed by atoms with van der Waals surface area (Å²) < 4.78 is 49.4. The Hall–Kier alpha value is -2.06. The van der Waals surface area contributed by atoms with Crippen LogP contribution in [-0.2, 0) is 15.9 Å². The normalized spacial score (nSPS) is 11.2. The molecule has 0 fully saturated rings. The van der Waals surface area contributed by atoms with E-state index in [0.29, 0.717) is 0 Å². The molecule has 0 aromatic carbocycles.